The molecule has 1 fully saturated rings. The molecule has 2 amide bonds. The van der Waals surface area contributed by atoms with Crippen LogP contribution in [0.2, 0.25) is 0 Å². The number of carbonyl (C=O) groups excluding carboxylic acids is 2. The lowest BCUT2D eigenvalue weighted by Crippen LogP contribution is -2.50. The molecule has 1 saturated heterocycles. The second kappa shape index (κ2) is 5.26. The van der Waals surface area contributed by atoms with Gasteiger partial charge in [0.05, 0.1) is 0 Å². The van der Waals surface area contributed by atoms with E-state index in [2.05, 4.69) is 0 Å². The second-order valence-corrected chi connectivity index (χ2v) is 4.57. The molecule has 1 aromatic rings. The highest BCUT2D eigenvalue weighted by Crippen LogP contribution is 2.14. The number of hydrogen-bond acceptors (Lipinski definition) is 3. The molecule has 0 unspecified atom stereocenters. The van der Waals surface area contributed by atoms with Crippen molar-refractivity contribution in [3.63, 3.8) is 0 Å². The predicted octanol–water partition coefficient (Wildman–Crippen LogP) is 0.712. The Balaban J connectivity index is 2.07. The molecule has 2 N–H and O–H groups in total. The van der Waals surface area contributed by atoms with Gasteiger partial charge in [-0.3, -0.25) is 9.59 Å². The summed E-state index contributed by atoms with van der Waals surface area (Å²) in [4.78, 5) is 26.7. The van der Waals surface area contributed by atoms with Crippen LogP contribution in [0.1, 0.15) is 17.3 Å². The highest BCUT2D eigenvalue weighted by Gasteiger charge is 2.23. The summed E-state index contributed by atoms with van der Waals surface area (Å²) in [5.74, 6) is -0.776. The molecule has 1 aromatic carbocycles. The van der Waals surface area contributed by atoms with Crippen molar-refractivity contribution in [2.45, 2.75) is 6.92 Å². The molecule has 2 rings (SSSR count). The number of amides is 2. The number of nitrogen functional groups attached to an aromatic ring is 1. The first kappa shape index (κ1) is 13.3. The van der Waals surface area contributed by atoms with Crippen LogP contribution >= 0.6 is 0 Å². The molecule has 102 valence electrons. The maximum absolute atomic E-state index is 13.2. The summed E-state index contributed by atoms with van der Waals surface area (Å²) in [7, 11) is 0. The van der Waals surface area contributed by atoms with Crippen molar-refractivity contribution in [1.82, 2.24) is 9.80 Å². The zero-order valence-corrected chi connectivity index (χ0v) is 10.7. The van der Waals surface area contributed by atoms with Gasteiger partial charge in [-0.25, -0.2) is 4.39 Å². The van der Waals surface area contributed by atoms with E-state index in [0.29, 0.717) is 26.2 Å². The maximum atomic E-state index is 13.2. The zero-order chi connectivity index (χ0) is 14.0. The lowest BCUT2D eigenvalue weighted by Gasteiger charge is -2.34. The summed E-state index contributed by atoms with van der Waals surface area (Å²) >= 11 is 0. The van der Waals surface area contributed by atoms with Gasteiger partial charge in [-0.15, -0.1) is 0 Å². The normalized spacial score (nSPS) is 15.5. The molecular weight excluding hydrogens is 249 g/mol. The van der Waals surface area contributed by atoms with Crippen LogP contribution in [0.15, 0.2) is 18.2 Å². The number of anilines is 1. The van der Waals surface area contributed by atoms with E-state index in [0.717, 1.165) is 0 Å². The van der Waals surface area contributed by atoms with Gasteiger partial charge in [0.1, 0.15) is 5.82 Å². The van der Waals surface area contributed by atoms with Gasteiger partial charge in [0.2, 0.25) is 5.91 Å². The Hall–Kier alpha value is -2.11. The first-order valence-electron chi connectivity index (χ1n) is 6.08. The zero-order valence-electron chi connectivity index (χ0n) is 10.7. The Labute approximate surface area is 110 Å². The van der Waals surface area contributed by atoms with Gasteiger partial charge in [0.15, 0.2) is 0 Å². The molecule has 0 aliphatic carbocycles. The highest BCUT2D eigenvalue weighted by atomic mass is 19.1. The summed E-state index contributed by atoms with van der Waals surface area (Å²) in [6.07, 6.45) is 0. The van der Waals surface area contributed by atoms with E-state index in [1.807, 2.05) is 0 Å². The lowest BCUT2D eigenvalue weighted by molar-refractivity contribution is -0.130. The number of rotatable bonds is 1. The van der Waals surface area contributed by atoms with E-state index in [1.165, 1.54) is 25.1 Å². The standard InChI is InChI=1S/C13H16FN3O2/c1-9(18)16-2-4-17(5-3-16)13(19)10-6-11(14)8-12(15)7-10/h6-8H,2-5,15H2,1H3. The predicted molar refractivity (Wildman–Crippen MR) is 69.0 cm³/mol. The number of nitrogens with two attached hydrogens (primary N) is 1. The van der Waals surface area contributed by atoms with E-state index in [1.54, 1.807) is 9.80 Å². The van der Waals surface area contributed by atoms with Crippen LogP contribution in [0.5, 0.6) is 0 Å². The first-order valence-corrected chi connectivity index (χ1v) is 6.08. The van der Waals surface area contributed by atoms with Crippen molar-refractivity contribution in [2.75, 3.05) is 31.9 Å². The lowest BCUT2D eigenvalue weighted by atomic mass is 10.1. The summed E-state index contributed by atoms with van der Waals surface area (Å²) in [5, 5.41) is 0. The van der Waals surface area contributed by atoms with Gasteiger partial charge >= 0.3 is 0 Å². The van der Waals surface area contributed by atoms with Crippen LogP contribution in [0, 0.1) is 5.82 Å². The molecule has 0 atom stereocenters. The summed E-state index contributed by atoms with van der Waals surface area (Å²) in [5.41, 5.74) is 6.00. The van der Waals surface area contributed by atoms with E-state index in [9.17, 15) is 14.0 Å². The fraction of sp³-hybridized carbons (Fsp3) is 0.385. The van der Waals surface area contributed by atoms with E-state index < -0.39 is 5.82 Å². The Morgan fingerprint density at radius 3 is 2.21 bits per heavy atom. The van der Waals surface area contributed by atoms with Gasteiger partial charge < -0.3 is 15.5 Å². The number of hydrogen-bond donors (Lipinski definition) is 1. The van der Waals surface area contributed by atoms with Crippen molar-refractivity contribution in [2.24, 2.45) is 0 Å². The van der Waals surface area contributed by atoms with Crippen LogP contribution < -0.4 is 5.73 Å². The molecule has 1 aliphatic heterocycles. The van der Waals surface area contributed by atoms with Crippen molar-refractivity contribution in [3.8, 4) is 0 Å². The van der Waals surface area contributed by atoms with Crippen LogP contribution in [-0.4, -0.2) is 47.8 Å². The molecule has 0 spiro atoms. The number of piperazine rings is 1. The average Bonchev–Trinajstić information content (AvgIpc) is 2.37. The third kappa shape index (κ3) is 3.01. The largest absolute Gasteiger partial charge is 0.399 e. The maximum Gasteiger partial charge on any atom is 0.254 e. The monoisotopic (exact) mass is 265 g/mol. The average molecular weight is 265 g/mol. The first-order chi connectivity index (χ1) is 8.97. The Morgan fingerprint density at radius 1 is 1.11 bits per heavy atom. The molecular formula is C13H16FN3O2. The molecule has 0 saturated carbocycles. The second-order valence-electron chi connectivity index (χ2n) is 4.57. The van der Waals surface area contributed by atoms with Crippen LogP contribution in [-0.2, 0) is 4.79 Å². The number of benzene rings is 1. The number of carbonyl (C=O) groups is 2. The molecule has 0 aromatic heterocycles. The van der Waals surface area contributed by atoms with Gasteiger partial charge in [-0.05, 0) is 18.2 Å². The Kier molecular flexibility index (Phi) is 3.69. The molecule has 6 heteroatoms. The molecule has 5 nitrogen and oxygen atoms in total. The number of nitrogens with zero attached hydrogens (tertiary/aromatic N) is 2. The highest BCUT2D eigenvalue weighted by molar-refractivity contribution is 5.95. The molecule has 0 radical (unpaired) electrons. The van der Waals surface area contributed by atoms with Gasteiger partial charge in [0, 0.05) is 44.4 Å². The van der Waals surface area contributed by atoms with Crippen LogP contribution in [0.25, 0.3) is 0 Å². The van der Waals surface area contributed by atoms with Gasteiger partial charge in [0.25, 0.3) is 5.91 Å². The molecule has 0 bridgehead atoms. The van der Waals surface area contributed by atoms with Gasteiger partial charge in [-0.1, -0.05) is 0 Å². The fourth-order valence-corrected chi connectivity index (χ4v) is 2.14. The minimum atomic E-state index is -0.522. The van der Waals surface area contributed by atoms with E-state index >= 15 is 0 Å². The topological polar surface area (TPSA) is 66.6 Å². The SMILES string of the molecule is CC(=O)N1CCN(C(=O)c2cc(N)cc(F)c2)CC1. The molecule has 1 heterocycles. The van der Waals surface area contributed by atoms with Crippen molar-refractivity contribution < 1.29 is 14.0 Å². The summed E-state index contributed by atoms with van der Waals surface area (Å²) < 4.78 is 13.2. The molecule has 1 aliphatic rings. The van der Waals surface area contributed by atoms with E-state index in [-0.39, 0.29) is 23.1 Å². The summed E-state index contributed by atoms with van der Waals surface area (Å²) in [6, 6.07) is 3.81. The minimum Gasteiger partial charge on any atom is -0.399 e. The summed E-state index contributed by atoms with van der Waals surface area (Å²) in [6.45, 7) is 3.42. The number of halogens is 1. The quantitative estimate of drug-likeness (QED) is 0.761. The van der Waals surface area contributed by atoms with E-state index in [4.69, 9.17) is 5.73 Å². The Bertz CT molecular complexity index is 490. The fourth-order valence-electron chi connectivity index (χ4n) is 2.14. The third-order valence-electron chi connectivity index (χ3n) is 3.18. The van der Waals surface area contributed by atoms with Crippen molar-refractivity contribution >= 4 is 17.5 Å². The minimum absolute atomic E-state index is 0.00194. The third-order valence-corrected chi connectivity index (χ3v) is 3.18. The van der Waals surface area contributed by atoms with Crippen LogP contribution in [0.4, 0.5) is 10.1 Å². The smallest absolute Gasteiger partial charge is 0.254 e. The van der Waals surface area contributed by atoms with Crippen LogP contribution in [0.3, 0.4) is 0 Å². The van der Waals surface area contributed by atoms with Crippen molar-refractivity contribution in [1.29, 1.82) is 0 Å². The Morgan fingerprint density at radius 2 is 1.68 bits per heavy atom. The van der Waals surface area contributed by atoms with Gasteiger partial charge in [-0.2, -0.15) is 0 Å². The molecule has 19 heavy (non-hydrogen) atoms. The van der Waals surface area contributed by atoms with Crippen molar-refractivity contribution in [3.05, 3.63) is 29.6 Å².